The van der Waals surface area contributed by atoms with Crippen LogP contribution in [0.3, 0.4) is 0 Å². The third kappa shape index (κ3) is 3.43. The van der Waals surface area contributed by atoms with Crippen LogP contribution >= 0.6 is 0 Å². The largest absolute Gasteiger partial charge is 0.355 e. The van der Waals surface area contributed by atoms with E-state index >= 15 is 0 Å². The molecule has 0 aromatic heterocycles. The van der Waals surface area contributed by atoms with Gasteiger partial charge in [0.25, 0.3) is 5.69 Å². The van der Waals surface area contributed by atoms with Gasteiger partial charge in [-0.15, -0.1) is 0 Å². The number of hydrogen-bond acceptors (Lipinski definition) is 6. The predicted molar refractivity (Wildman–Crippen MR) is 73.8 cm³/mol. The van der Waals surface area contributed by atoms with E-state index in [2.05, 4.69) is 10.7 Å². The Hall–Kier alpha value is -2.19. The van der Waals surface area contributed by atoms with Crippen molar-refractivity contribution < 1.29 is 9.72 Å². The first-order valence-corrected chi connectivity index (χ1v) is 6.33. The van der Waals surface area contributed by atoms with Gasteiger partial charge < -0.3 is 10.7 Å². The number of nitrogens with zero attached hydrogens (tertiary/aromatic N) is 2. The average Bonchev–Trinajstić information content (AvgIpc) is 2.63. The summed E-state index contributed by atoms with van der Waals surface area (Å²) in [5.74, 6) is 5.39. The number of nitro groups is 1. The number of amides is 1. The Morgan fingerprint density at radius 1 is 1.50 bits per heavy atom. The summed E-state index contributed by atoms with van der Waals surface area (Å²) in [6.07, 6.45) is 0.853. The third-order valence-electron chi connectivity index (χ3n) is 3.19. The Morgan fingerprint density at radius 2 is 2.30 bits per heavy atom. The van der Waals surface area contributed by atoms with E-state index in [4.69, 9.17) is 5.84 Å². The summed E-state index contributed by atoms with van der Waals surface area (Å²) in [6, 6.07) is 4.46. The quantitative estimate of drug-likeness (QED) is 0.412. The molecule has 108 valence electrons. The molecule has 1 aromatic carbocycles. The average molecular weight is 279 g/mol. The van der Waals surface area contributed by atoms with E-state index in [0.717, 1.165) is 13.0 Å². The van der Waals surface area contributed by atoms with Gasteiger partial charge in [0.2, 0.25) is 5.91 Å². The lowest BCUT2D eigenvalue weighted by molar-refractivity contribution is -0.384. The van der Waals surface area contributed by atoms with Gasteiger partial charge in [0, 0.05) is 31.8 Å². The first-order chi connectivity index (χ1) is 9.60. The molecule has 0 saturated carbocycles. The van der Waals surface area contributed by atoms with E-state index < -0.39 is 4.92 Å². The Balaban J connectivity index is 2.19. The fourth-order valence-electron chi connectivity index (χ4n) is 2.21. The van der Waals surface area contributed by atoms with Crippen molar-refractivity contribution >= 4 is 17.3 Å². The number of non-ortho nitro benzene ring substituents is 1. The van der Waals surface area contributed by atoms with Crippen LogP contribution in [0.4, 0.5) is 11.4 Å². The lowest BCUT2D eigenvalue weighted by Gasteiger charge is -2.20. The minimum absolute atomic E-state index is 0.0123. The zero-order valence-corrected chi connectivity index (χ0v) is 11.0. The molecule has 1 aliphatic rings. The summed E-state index contributed by atoms with van der Waals surface area (Å²) in [4.78, 5) is 23.8. The fraction of sp³-hybridized carbons (Fsp3) is 0.417. The molecule has 1 fully saturated rings. The van der Waals surface area contributed by atoms with E-state index in [-0.39, 0.29) is 18.1 Å². The van der Waals surface area contributed by atoms with Crippen molar-refractivity contribution in [2.75, 3.05) is 25.1 Å². The molecule has 1 aromatic rings. The Bertz CT molecular complexity index is 520. The molecule has 0 aliphatic carbocycles. The number of rotatable bonds is 4. The van der Waals surface area contributed by atoms with Crippen molar-refractivity contribution in [2.24, 2.45) is 5.84 Å². The van der Waals surface area contributed by atoms with Crippen molar-refractivity contribution in [1.82, 2.24) is 10.2 Å². The second-order valence-corrected chi connectivity index (χ2v) is 4.66. The summed E-state index contributed by atoms with van der Waals surface area (Å²) in [5, 5.41) is 13.6. The second kappa shape index (κ2) is 6.31. The number of anilines is 1. The monoisotopic (exact) mass is 279 g/mol. The molecule has 1 aliphatic heterocycles. The van der Waals surface area contributed by atoms with Crippen molar-refractivity contribution in [1.29, 1.82) is 0 Å². The summed E-state index contributed by atoms with van der Waals surface area (Å²) >= 11 is 0. The maximum absolute atomic E-state index is 11.5. The van der Waals surface area contributed by atoms with Crippen LogP contribution in [-0.4, -0.2) is 35.4 Å². The number of carbonyl (C=O) groups excluding carboxylic acids is 1. The predicted octanol–water partition coefficient (Wildman–Crippen LogP) is 0.202. The van der Waals surface area contributed by atoms with Crippen molar-refractivity contribution in [3.05, 3.63) is 33.9 Å². The normalized spacial score (nSPS) is 16.4. The second-order valence-electron chi connectivity index (χ2n) is 4.66. The van der Waals surface area contributed by atoms with Crippen molar-refractivity contribution in [3.63, 3.8) is 0 Å². The highest BCUT2D eigenvalue weighted by molar-refractivity contribution is 5.78. The molecule has 0 atom stereocenters. The molecule has 8 nitrogen and oxygen atoms in total. The molecule has 1 saturated heterocycles. The maximum atomic E-state index is 11.5. The topological polar surface area (TPSA) is 114 Å². The van der Waals surface area contributed by atoms with Gasteiger partial charge in [-0.25, -0.2) is 0 Å². The van der Waals surface area contributed by atoms with Crippen LogP contribution in [0.25, 0.3) is 0 Å². The van der Waals surface area contributed by atoms with Gasteiger partial charge in [-0.2, -0.15) is 0 Å². The van der Waals surface area contributed by atoms with Gasteiger partial charge in [-0.3, -0.25) is 25.7 Å². The van der Waals surface area contributed by atoms with Crippen LogP contribution in [0.5, 0.6) is 0 Å². The van der Waals surface area contributed by atoms with Crippen LogP contribution in [0, 0.1) is 10.1 Å². The summed E-state index contributed by atoms with van der Waals surface area (Å²) in [6.45, 7) is 2.14. The Morgan fingerprint density at radius 3 is 3.00 bits per heavy atom. The van der Waals surface area contributed by atoms with Gasteiger partial charge in [0.15, 0.2) is 0 Å². The van der Waals surface area contributed by atoms with Gasteiger partial charge in [0.1, 0.15) is 0 Å². The van der Waals surface area contributed by atoms with Gasteiger partial charge in [-0.05, 0) is 18.1 Å². The van der Waals surface area contributed by atoms with E-state index in [1.807, 2.05) is 4.90 Å². The van der Waals surface area contributed by atoms with Crippen LogP contribution < -0.4 is 16.6 Å². The fourth-order valence-corrected chi connectivity index (χ4v) is 2.21. The van der Waals surface area contributed by atoms with Crippen LogP contribution in [-0.2, 0) is 11.3 Å². The lowest BCUT2D eigenvalue weighted by Crippen LogP contribution is -2.33. The number of nitrogens with two attached hydrogens (primary N) is 1. The van der Waals surface area contributed by atoms with Crippen molar-refractivity contribution in [2.45, 2.75) is 13.0 Å². The number of hydrogen-bond donors (Lipinski definition) is 3. The van der Waals surface area contributed by atoms with Gasteiger partial charge in [0.05, 0.1) is 17.2 Å². The van der Waals surface area contributed by atoms with E-state index in [9.17, 15) is 14.9 Å². The van der Waals surface area contributed by atoms with Gasteiger partial charge >= 0.3 is 0 Å². The lowest BCUT2D eigenvalue weighted by atomic mass is 10.1. The van der Waals surface area contributed by atoms with Crippen LogP contribution in [0.15, 0.2) is 18.2 Å². The highest BCUT2D eigenvalue weighted by Crippen LogP contribution is 2.23. The zero-order chi connectivity index (χ0) is 14.5. The SMILES string of the molecule is NNc1ccc([N+](=O)[O-])cc1CN1CCCNC(=O)C1. The minimum Gasteiger partial charge on any atom is -0.355 e. The first kappa shape index (κ1) is 14.2. The molecule has 1 amide bonds. The number of carbonyl (C=O) groups is 1. The molecule has 0 unspecified atom stereocenters. The molecule has 20 heavy (non-hydrogen) atoms. The van der Waals surface area contributed by atoms with E-state index in [0.29, 0.717) is 24.3 Å². The Kier molecular flexibility index (Phi) is 4.49. The molecular weight excluding hydrogens is 262 g/mol. The Labute approximate surface area is 116 Å². The number of nitrogen functional groups attached to an aromatic ring is 1. The minimum atomic E-state index is -0.446. The zero-order valence-electron chi connectivity index (χ0n) is 11.0. The molecular formula is C12H17N5O3. The number of nitrogens with one attached hydrogen (secondary N) is 2. The molecule has 4 N–H and O–H groups in total. The number of benzene rings is 1. The smallest absolute Gasteiger partial charge is 0.269 e. The van der Waals surface area contributed by atoms with E-state index in [1.54, 1.807) is 6.07 Å². The molecule has 0 spiro atoms. The van der Waals surface area contributed by atoms with Crippen molar-refractivity contribution in [3.8, 4) is 0 Å². The van der Waals surface area contributed by atoms with E-state index in [1.165, 1.54) is 12.1 Å². The van der Waals surface area contributed by atoms with Crippen LogP contribution in [0.2, 0.25) is 0 Å². The van der Waals surface area contributed by atoms with Crippen LogP contribution in [0.1, 0.15) is 12.0 Å². The number of nitro benzene ring substituents is 1. The summed E-state index contributed by atoms with van der Waals surface area (Å²) < 4.78 is 0. The highest BCUT2D eigenvalue weighted by Gasteiger charge is 2.17. The molecule has 8 heteroatoms. The highest BCUT2D eigenvalue weighted by atomic mass is 16.6. The molecule has 0 bridgehead atoms. The molecule has 2 rings (SSSR count). The molecule has 0 radical (unpaired) electrons. The first-order valence-electron chi connectivity index (χ1n) is 6.33. The standard InChI is InChI=1S/C12H17N5O3/c13-15-11-3-2-10(17(19)20)6-9(11)7-16-5-1-4-14-12(18)8-16/h2-3,6,15H,1,4-5,7-8,13H2,(H,14,18). The third-order valence-corrected chi connectivity index (χ3v) is 3.19. The maximum Gasteiger partial charge on any atom is 0.269 e. The van der Waals surface area contributed by atoms with Gasteiger partial charge in [-0.1, -0.05) is 0 Å². The number of hydrazine groups is 1. The summed E-state index contributed by atoms with van der Waals surface area (Å²) in [7, 11) is 0. The summed E-state index contributed by atoms with van der Waals surface area (Å²) in [5.41, 5.74) is 3.87. The molecule has 1 heterocycles.